The first-order valence-corrected chi connectivity index (χ1v) is 10.7. The SMILES string of the molecule is COc1ccc(CN2CCC(NC(=O)c3cccnc3Oc3ccccc3)CC2)cc1F. The molecule has 1 aromatic heterocycles. The molecule has 3 aromatic rings. The summed E-state index contributed by atoms with van der Waals surface area (Å²) in [6.45, 7) is 2.30. The van der Waals surface area contributed by atoms with Gasteiger partial charge in [-0.15, -0.1) is 0 Å². The molecule has 7 heteroatoms. The van der Waals surface area contributed by atoms with Gasteiger partial charge in [0, 0.05) is 31.9 Å². The molecule has 0 unspecified atom stereocenters. The van der Waals surface area contributed by atoms with E-state index in [2.05, 4.69) is 15.2 Å². The molecule has 6 nitrogen and oxygen atoms in total. The van der Waals surface area contributed by atoms with Crippen molar-refractivity contribution in [2.24, 2.45) is 0 Å². The molecule has 0 radical (unpaired) electrons. The molecule has 1 aliphatic heterocycles. The van der Waals surface area contributed by atoms with Crippen LogP contribution in [-0.2, 0) is 6.54 Å². The molecule has 0 saturated carbocycles. The fourth-order valence-corrected chi connectivity index (χ4v) is 3.81. The largest absolute Gasteiger partial charge is 0.494 e. The Kier molecular flexibility index (Phi) is 6.97. The summed E-state index contributed by atoms with van der Waals surface area (Å²) in [5, 5.41) is 3.11. The Labute approximate surface area is 187 Å². The van der Waals surface area contributed by atoms with E-state index >= 15 is 0 Å². The zero-order valence-electron chi connectivity index (χ0n) is 18.0. The zero-order valence-corrected chi connectivity index (χ0v) is 18.0. The molecule has 166 valence electrons. The van der Waals surface area contributed by atoms with E-state index in [1.165, 1.54) is 13.2 Å². The van der Waals surface area contributed by atoms with Crippen molar-refractivity contribution in [3.8, 4) is 17.4 Å². The highest BCUT2D eigenvalue weighted by Gasteiger charge is 2.23. The van der Waals surface area contributed by atoms with E-state index in [4.69, 9.17) is 9.47 Å². The number of carbonyl (C=O) groups excluding carboxylic acids is 1. The van der Waals surface area contributed by atoms with Crippen LogP contribution >= 0.6 is 0 Å². The van der Waals surface area contributed by atoms with Crippen LogP contribution in [0.25, 0.3) is 0 Å². The number of ether oxygens (including phenoxy) is 2. The Hall–Kier alpha value is -3.45. The highest BCUT2D eigenvalue weighted by Crippen LogP contribution is 2.24. The first-order valence-electron chi connectivity index (χ1n) is 10.7. The monoisotopic (exact) mass is 435 g/mol. The number of hydrogen-bond donors (Lipinski definition) is 1. The van der Waals surface area contributed by atoms with Crippen LogP contribution in [0.1, 0.15) is 28.8 Å². The molecular weight excluding hydrogens is 409 g/mol. The molecule has 4 rings (SSSR count). The average Bonchev–Trinajstić information content (AvgIpc) is 2.81. The number of aromatic nitrogens is 1. The average molecular weight is 435 g/mol. The molecular formula is C25H26FN3O3. The van der Waals surface area contributed by atoms with Gasteiger partial charge in [0.1, 0.15) is 11.3 Å². The summed E-state index contributed by atoms with van der Waals surface area (Å²) in [4.78, 5) is 19.4. The predicted octanol–water partition coefficient (Wildman–Crippen LogP) is 4.42. The van der Waals surface area contributed by atoms with Crippen molar-refractivity contribution in [2.45, 2.75) is 25.4 Å². The van der Waals surface area contributed by atoms with E-state index in [0.29, 0.717) is 17.9 Å². The van der Waals surface area contributed by atoms with Crippen molar-refractivity contribution in [3.05, 3.63) is 83.8 Å². The fraction of sp³-hybridized carbons (Fsp3) is 0.280. The number of rotatable bonds is 7. The first kappa shape index (κ1) is 21.8. The van der Waals surface area contributed by atoms with Gasteiger partial charge in [-0.05, 0) is 54.8 Å². The second kappa shape index (κ2) is 10.2. The lowest BCUT2D eigenvalue weighted by Gasteiger charge is -2.32. The van der Waals surface area contributed by atoms with Crippen LogP contribution in [-0.4, -0.2) is 42.0 Å². The summed E-state index contributed by atoms with van der Waals surface area (Å²) in [5.41, 5.74) is 1.32. The fourth-order valence-electron chi connectivity index (χ4n) is 3.81. The van der Waals surface area contributed by atoms with Crippen molar-refractivity contribution in [3.63, 3.8) is 0 Å². The number of benzene rings is 2. The predicted molar refractivity (Wildman–Crippen MR) is 119 cm³/mol. The third-order valence-corrected chi connectivity index (χ3v) is 5.52. The van der Waals surface area contributed by atoms with Crippen LogP contribution in [0.2, 0.25) is 0 Å². The maximum atomic E-state index is 13.9. The van der Waals surface area contributed by atoms with Gasteiger partial charge >= 0.3 is 0 Å². The first-order chi connectivity index (χ1) is 15.6. The number of hydrogen-bond acceptors (Lipinski definition) is 5. The Bertz CT molecular complexity index is 1050. The number of nitrogens with one attached hydrogen (secondary N) is 1. The molecule has 0 spiro atoms. The van der Waals surface area contributed by atoms with Crippen LogP contribution in [0.3, 0.4) is 0 Å². The summed E-state index contributed by atoms with van der Waals surface area (Å²) in [6, 6.07) is 17.8. The molecule has 0 bridgehead atoms. The molecule has 2 aromatic carbocycles. The number of amides is 1. The summed E-state index contributed by atoms with van der Waals surface area (Å²) in [5.74, 6) is 0.622. The van der Waals surface area contributed by atoms with Gasteiger partial charge in [0.15, 0.2) is 11.6 Å². The normalized spacial score (nSPS) is 14.7. The van der Waals surface area contributed by atoms with Crippen LogP contribution in [0.4, 0.5) is 4.39 Å². The van der Waals surface area contributed by atoms with Crippen molar-refractivity contribution in [1.29, 1.82) is 0 Å². The number of piperidine rings is 1. The van der Waals surface area contributed by atoms with Crippen molar-refractivity contribution < 1.29 is 18.7 Å². The van der Waals surface area contributed by atoms with Gasteiger partial charge < -0.3 is 14.8 Å². The van der Waals surface area contributed by atoms with E-state index in [9.17, 15) is 9.18 Å². The molecule has 0 aliphatic carbocycles. The van der Waals surface area contributed by atoms with E-state index in [1.54, 1.807) is 24.4 Å². The lowest BCUT2D eigenvalue weighted by atomic mass is 10.0. The smallest absolute Gasteiger partial charge is 0.257 e. The Morgan fingerprint density at radius 3 is 2.62 bits per heavy atom. The number of para-hydroxylation sites is 1. The van der Waals surface area contributed by atoms with Crippen LogP contribution < -0.4 is 14.8 Å². The Morgan fingerprint density at radius 2 is 1.91 bits per heavy atom. The van der Waals surface area contributed by atoms with E-state index < -0.39 is 0 Å². The number of likely N-dealkylation sites (tertiary alicyclic amines) is 1. The number of halogens is 1. The van der Waals surface area contributed by atoms with Crippen LogP contribution in [0.15, 0.2) is 66.9 Å². The van der Waals surface area contributed by atoms with Crippen LogP contribution in [0.5, 0.6) is 17.4 Å². The molecule has 2 heterocycles. The van der Waals surface area contributed by atoms with Gasteiger partial charge in [0.25, 0.3) is 5.91 Å². The van der Waals surface area contributed by atoms with Gasteiger partial charge in [0.2, 0.25) is 5.88 Å². The maximum absolute atomic E-state index is 13.9. The quantitative estimate of drug-likeness (QED) is 0.595. The van der Waals surface area contributed by atoms with Crippen molar-refractivity contribution in [1.82, 2.24) is 15.2 Å². The lowest BCUT2D eigenvalue weighted by Crippen LogP contribution is -2.44. The minimum atomic E-state index is -0.350. The summed E-state index contributed by atoms with van der Waals surface area (Å²) >= 11 is 0. The molecule has 1 fully saturated rings. The summed E-state index contributed by atoms with van der Waals surface area (Å²) < 4.78 is 24.7. The van der Waals surface area contributed by atoms with Gasteiger partial charge in [-0.2, -0.15) is 0 Å². The van der Waals surface area contributed by atoms with Crippen molar-refractivity contribution >= 4 is 5.91 Å². The second-order valence-corrected chi connectivity index (χ2v) is 7.76. The number of nitrogens with zero attached hydrogens (tertiary/aromatic N) is 2. The second-order valence-electron chi connectivity index (χ2n) is 7.76. The molecule has 0 atom stereocenters. The van der Waals surface area contributed by atoms with Crippen molar-refractivity contribution in [2.75, 3.05) is 20.2 Å². The van der Waals surface area contributed by atoms with Gasteiger partial charge in [0.05, 0.1) is 7.11 Å². The van der Waals surface area contributed by atoms with Crippen LogP contribution in [0, 0.1) is 5.82 Å². The van der Waals surface area contributed by atoms with Gasteiger partial charge in [-0.25, -0.2) is 9.37 Å². The third kappa shape index (κ3) is 5.42. The standard InChI is InChI=1S/C25H26FN3O3/c1-31-23-10-9-18(16-22(23)26)17-29-14-11-19(12-15-29)28-24(30)21-8-5-13-27-25(21)32-20-6-3-2-4-7-20/h2-10,13,16,19H,11-12,14-15,17H2,1H3,(H,28,30). The molecule has 32 heavy (non-hydrogen) atoms. The number of methoxy groups -OCH3 is 1. The molecule has 1 amide bonds. The van der Waals surface area contributed by atoms with E-state index in [0.717, 1.165) is 31.5 Å². The highest BCUT2D eigenvalue weighted by molar-refractivity contribution is 5.96. The zero-order chi connectivity index (χ0) is 22.3. The Balaban J connectivity index is 1.32. The minimum Gasteiger partial charge on any atom is -0.494 e. The lowest BCUT2D eigenvalue weighted by molar-refractivity contribution is 0.0906. The number of pyridine rings is 1. The molecule has 1 aliphatic rings. The van der Waals surface area contributed by atoms with Gasteiger partial charge in [-0.1, -0.05) is 24.3 Å². The molecule has 1 saturated heterocycles. The number of carbonyl (C=O) groups is 1. The van der Waals surface area contributed by atoms with Gasteiger partial charge in [-0.3, -0.25) is 9.69 Å². The summed E-state index contributed by atoms with van der Waals surface area (Å²) in [7, 11) is 1.46. The van der Waals surface area contributed by atoms with E-state index in [1.807, 2.05) is 36.4 Å². The third-order valence-electron chi connectivity index (χ3n) is 5.52. The Morgan fingerprint density at radius 1 is 1.12 bits per heavy atom. The maximum Gasteiger partial charge on any atom is 0.257 e. The highest BCUT2D eigenvalue weighted by atomic mass is 19.1. The molecule has 1 N–H and O–H groups in total. The topological polar surface area (TPSA) is 63.7 Å². The van der Waals surface area contributed by atoms with E-state index in [-0.39, 0.29) is 29.4 Å². The minimum absolute atomic E-state index is 0.0659. The summed E-state index contributed by atoms with van der Waals surface area (Å²) in [6.07, 6.45) is 3.24.